The van der Waals surface area contributed by atoms with E-state index in [4.69, 9.17) is 23.2 Å². The molecule has 0 unspecified atom stereocenters. The number of rotatable bonds is 10. The first-order chi connectivity index (χ1) is 14.7. The van der Waals surface area contributed by atoms with Gasteiger partial charge in [-0.15, -0.1) is 11.8 Å². The molecule has 0 fully saturated rings. The Bertz CT molecular complexity index is 896. The summed E-state index contributed by atoms with van der Waals surface area (Å²) in [5.41, 5.74) is 1.96. The molecule has 0 saturated heterocycles. The summed E-state index contributed by atoms with van der Waals surface area (Å²) in [5.74, 6) is 0.728. The van der Waals surface area contributed by atoms with Gasteiger partial charge in [0.05, 0.1) is 15.8 Å². The summed E-state index contributed by atoms with van der Waals surface area (Å²) in [6.45, 7) is 5.99. The van der Waals surface area contributed by atoms with Crippen LogP contribution in [0.5, 0.6) is 0 Å². The molecule has 0 aliphatic carbocycles. The molecule has 0 bridgehead atoms. The van der Waals surface area contributed by atoms with Crippen molar-refractivity contribution in [3.05, 3.63) is 68.1 Å². The summed E-state index contributed by atoms with van der Waals surface area (Å²) < 4.78 is 1.02. The standard InChI is InChI=1S/C23H27BrCl2N2O2S/c1-4-15(2)27-23(30)16(3)28(12-18-7-10-20(25)21(26)11-18)22(29)14-31-13-17-5-8-19(24)9-6-17/h5-11,15-16H,4,12-14H2,1-3H3,(H,27,30)/t15-,16+/m1/s1. The van der Waals surface area contributed by atoms with Crippen LogP contribution in [0.2, 0.25) is 10.0 Å². The Balaban J connectivity index is 2.10. The minimum atomic E-state index is -0.607. The van der Waals surface area contributed by atoms with Gasteiger partial charge in [-0.1, -0.05) is 64.3 Å². The van der Waals surface area contributed by atoms with E-state index in [0.717, 1.165) is 22.0 Å². The fourth-order valence-corrected chi connectivity index (χ4v) is 4.26. The van der Waals surface area contributed by atoms with E-state index in [2.05, 4.69) is 21.2 Å². The highest BCUT2D eigenvalue weighted by Gasteiger charge is 2.26. The monoisotopic (exact) mass is 544 g/mol. The van der Waals surface area contributed by atoms with Gasteiger partial charge in [0.25, 0.3) is 0 Å². The van der Waals surface area contributed by atoms with E-state index >= 15 is 0 Å². The summed E-state index contributed by atoms with van der Waals surface area (Å²) in [6.07, 6.45) is 0.822. The van der Waals surface area contributed by atoms with Gasteiger partial charge in [0.2, 0.25) is 11.8 Å². The number of halogens is 3. The van der Waals surface area contributed by atoms with E-state index in [1.165, 1.54) is 11.8 Å². The minimum Gasteiger partial charge on any atom is -0.352 e. The molecule has 1 N–H and O–H groups in total. The lowest BCUT2D eigenvalue weighted by molar-refractivity contribution is -0.138. The Morgan fingerprint density at radius 3 is 2.32 bits per heavy atom. The van der Waals surface area contributed by atoms with Gasteiger partial charge < -0.3 is 10.2 Å². The number of carbonyl (C=O) groups excluding carboxylic acids is 2. The smallest absolute Gasteiger partial charge is 0.242 e. The van der Waals surface area contributed by atoms with Crippen molar-refractivity contribution in [3.8, 4) is 0 Å². The zero-order valence-corrected chi connectivity index (χ0v) is 21.7. The van der Waals surface area contributed by atoms with E-state index in [1.807, 2.05) is 44.2 Å². The van der Waals surface area contributed by atoms with Crippen molar-refractivity contribution in [2.75, 3.05) is 5.75 Å². The molecule has 8 heteroatoms. The molecule has 0 radical (unpaired) electrons. The Morgan fingerprint density at radius 1 is 1.06 bits per heavy atom. The number of hydrogen-bond donors (Lipinski definition) is 1. The molecule has 2 amide bonds. The Hall–Kier alpha value is -1.21. The molecule has 2 aromatic rings. The van der Waals surface area contributed by atoms with E-state index < -0.39 is 6.04 Å². The van der Waals surface area contributed by atoms with Crippen molar-refractivity contribution in [1.29, 1.82) is 0 Å². The number of amides is 2. The molecule has 0 aliphatic heterocycles. The Morgan fingerprint density at radius 2 is 1.71 bits per heavy atom. The van der Waals surface area contributed by atoms with Crippen LogP contribution in [-0.2, 0) is 21.9 Å². The van der Waals surface area contributed by atoms with Crippen LogP contribution < -0.4 is 5.32 Å². The van der Waals surface area contributed by atoms with Gasteiger partial charge in [0.15, 0.2) is 0 Å². The normalized spacial score (nSPS) is 12.8. The van der Waals surface area contributed by atoms with Crippen LogP contribution in [0, 0.1) is 0 Å². The predicted octanol–water partition coefficient (Wildman–Crippen LogP) is 6.32. The largest absolute Gasteiger partial charge is 0.352 e. The molecule has 0 heterocycles. The molecule has 2 rings (SSSR count). The van der Waals surface area contributed by atoms with Crippen LogP contribution in [-0.4, -0.2) is 34.6 Å². The van der Waals surface area contributed by atoms with Gasteiger partial charge in [-0.05, 0) is 55.7 Å². The molecule has 0 spiro atoms. The lowest BCUT2D eigenvalue weighted by Crippen LogP contribution is -2.50. The molecular weight excluding hydrogens is 519 g/mol. The van der Waals surface area contributed by atoms with Crippen LogP contribution in [0.25, 0.3) is 0 Å². The maximum atomic E-state index is 13.1. The minimum absolute atomic E-state index is 0.0451. The highest BCUT2D eigenvalue weighted by atomic mass is 79.9. The Labute approximate surface area is 207 Å². The van der Waals surface area contributed by atoms with E-state index in [-0.39, 0.29) is 30.2 Å². The molecule has 0 aliphatic rings. The van der Waals surface area contributed by atoms with Crippen molar-refractivity contribution in [2.24, 2.45) is 0 Å². The van der Waals surface area contributed by atoms with E-state index in [9.17, 15) is 9.59 Å². The summed E-state index contributed by atoms with van der Waals surface area (Å²) >= 11 is 17.1. The molecule has 31 heavy (non-hydrogen) atoms. The highest BCUT2D eigenvalue weighted by Crippen LogP contribution is 2.24. The quantitative estimate of drug-likeness (QED) is 0.380. The highest BCUT2D eigenvalue weighted by molar-refractivity contribution is 9.10. The van der Waals surface area contributed by atoms with Gasteiger partial charge in [-0.25, -0.2) is 0 Å². The number of nitrogens with one attached hydrogen (secondary N) is 1. The lowest BCUT2D eigenvalue weighted by atomic mass is 10.1. The Kier molecular flexibility index (Phi) is 10.7. The first-order valence-electron chi connectivity index (χ1n) is 10.1. The number of nitrogens with zero attached hydrogens (tertiary/aromatic N) is 1. The lowest BCUT2D eigenvalue weighted by Gasteiger charge is -2.29. The van der Waals surface area contributed by atoms with Gasteiger partial charge in [0, 0.05) is 22.8 Å². The van der Waals surface area contributed by atoms with Crippen LogP contribution in [0.15, 0.2) is 46.9 Å². The van der Waals surface area contributed by atoms with Crippen molar-refractivity contribution in [2.45, 2.75) is 51.6 Å². The molecule has 2 aromatic carbocycles. The molecule has 0 aromatic heterocycles. The van der Waals surface area contributed by atoms with Crippen molar-refractivity contribution >= 4 is 62.7 Å². The van der Waals surface area contributed by atoms with Crippen molar-refractivity contribution in [3.63, 3.8) is 0 Å². The predicted molar refractivity (Wildman–Crippen MR) is 135 cm³/mol. The number of hydrogen-bond acceptors (Lipinski definition) is 3. The topological polar surface area (TPSA) is 49.4 Å². The molecule has 4 nitrogen and oxygen atoms in total. The average molecular weight is 546 g/mol. The van der Waals surface area contributed by atoms with Gasteiger partial charge in [-0.2, -0.15) is 0 Å². The fraction of sp³-hybridized carbons (Fsp3) is 0.391. The molecule has 2 atom stereocenters. The zero-order valence-electron chi connectivity index (χ0n) is 17.8. The van der Waals surface area contributed by atoms with Crippen LogP contribution in [0.3, 0.4) is 0 Å². The third kappa shape index (κ3) is 8.33. The second-order valence-corrected chi connectivity index (χ2v) is 10.1. The van der Waals surface area contributed by atoms with Crippen LogP contribution in [0.1, 0.15) is 38.3 Å². The first-order valence-corrected chi connectivity index (χ1v) is 12.8. The second kappa shape index (κ2) is 12.7. The van der Waals surface area contributed by atoms with Gasteiger partial charge in [-0.3, -0.25) is 9.59 Å². The zero-order chi connectivity index (χ0) is 23.0. The molecular formula is C23H27BrCl2N2O2S. The third-order valence-corrected chi connectivity index (χ3v) is 7.17. The number of carbonyl (C=O) groups is 2. The SMILES string of the molecule is CC[C@@H](C)NC(=O)[C@H](C)N(Cc1ccc(Cl)c(Cl)c1)C(=O)CSCc1ccc(Br)cc1. The second-order valence-electron chi connectivity index (χ2n) is 7.38. The summed E-state index contributed by atoms with van der Waals surface area (Å²) in [7, 11) is 0. The van der Waals surface area contributed by atoms with E-state index in [0.29, 0.717) is 15.8 Å². The first kappa shape index (κ1) is 26.0. The van der Waals surface area contributed by atoms with Gasteiger partial charge in [0.1, 0.15) is 6.04 Å². The summed E-state index contributed by atoms with van der Waals surface area (Å²) in [6, 6.07) is 12.7. The number of benzene rings is 2. The third-order valence-electron chi connectivity index (χ3n) is 4.91. The average Bonchev–Trinajstić information content (AvgIpc) is 2.75. The molecule has 0 saturated carbocycles. The summed E-state index contributed by atoms with van der Waals surface area (Å²) in [4.78, 5) is 27.4. The van der Waals surface area contributed by atoms with Crippen molar-refractivity contribution in [1.82, 2.24) is 10.2 Å². The van der Waals surface area contributed by atoms with E-state index in [1.54, 1.807) is 24.0 Å². The van der Waals surface area contributed by atoms with Gasteiger partial charge >= 0.3 is 0 Å². The maximum Gasteiger partial charge on any atom is 0.242 e. The van der Waals surface area contributed by atoms with Crippen molar-refractivity contribution < 1.29 is 9.59 Å². The number of thioether (sulfide) groups is 1. The maximum absolute atomic E-state index is 13.1. The fourth-order valence-electron chi connectivity index (χ4n) is 2.80. The molecule has 168 valence electrons. The van der Waals surface area contributed by atoms with Crippen LogP contribution >= 0.6 is 50.9 Å². The van der Waals surface area contributed by atoms with Crippen LogP contribution in [0.4, 0.5) is 0 Å². The summed E-state index contributed by atoms with van der Waals surface area (Å²) in [5, 5.41) is 3.85.